The smallest absolute Gasteiger partial charge is 0.231 e. The molecular formula is C31H39N3O2. The number of nitrogens with zero attached hydrogens (tertiary/aromatic N) is 2. The van der Waals surface area contributed by atoms with Gasteiger partial charge in [0.05, 0.1) is 5.92 Å². The van der Waals surface area contributed by atoms with Gasteiger partial charge in [-0.25, -0.2) is 0 Å². The number of carbonyl (C=O) groups is 2. The topological polar surface area (TPSA) is 62.3 Å². The second-order valence-electron chi connectivity index (χ2n) is 9.94. The maximum Gasteiger partial charge on any atom is 0.231 e. The van der Waals surface area contributed by atoms with Crippen LogP contribution in [0.15, 0.2) is 79.1 Å². The fraction of sp³-hybridized carbons (Fsp3) is 0.387. The van der Waals surface area contributed by atoms with Gasteiger partial charge in [-0.3, -0.25) is 14.6 Å². The molecule has 1 heterocycles. The predicted molar refractivity (Wildman–Crippen MR) is 146 cm³/mol. The summed E-state index contributed by atoms with van der Waals surface area (Å²) in [4.78, 5) is 33.6. The lowest BCUT2D eigenvalue weighted by molar-refractivity contribution is -0.137. The molecule has 2 unspecified atom stereocenters. The van der Waals surface area contributed by atoms with E-state index >= 15 is 0 Å². The summed E-state index contributed by atoms with van der Waals surface area (Å²) in [7, 11) is 0. The number of aromatic nitrogens is 1. The van der Waals surface area contributed by atoms with E-state index in [1.165, 1.54) is 11.1 Å². The van der Waals surface area contributed by atoms with Crippen molar-refractivity contribution in [1.29, 1.82) is 0 Å². The standard InChI is InChI=1S/C31H39N3O2/c1-22(2)34(23(3)4)31(36)30(27-16-11-18-32-21-27)28(26-14-7-6-8-15-26)20-29(35)33-19-17-25-13-10-9-12-24(25)5/h6-16,18,21-23,28,30H,17,19-20H2,1-5H3,(H,33,35). The van der Waals surface area contributed by atoms with Gasteiger partial charge in [0.25, 0.3) is 0 Å². The van der Waals surface area contributed by atoms with E-state index in [0.29, 0.717) is 6.54 Å². The van der Waals surface area contributed by atoms with Gasteiger partial charge in [0.1, 0.15) is 0 Å². The molecule has 0 fully saturated rings. The van der Waals surface area contributed by atoms with Crippen LogP contribution in [0, 0.1) is 6.92 Å². The summed E-state index contributed by atoms with van der Waals surface area (Å²) < 4.78 is 0. The van der Waals surface area contributed by atoms with Gasteiger partial charge < -0.3 is 10.2 Å². The average Bonchev–Trinajstić information content (AvgIpc) is 2.85. The Morgan fingerprint density at radius 2 is 1.50 bits per heavy atom. The lowest BCUT2D eigenvalue weighted by Gasteiger charge is -2.37. The van der Waals surface area contributed by atoms with Crippen LogP contribution in [0.4, 0.5) is 0 Å². The Hall–Kier alpha value is -3.47. The van der Waals surface area contributed by atoms with Gasteiger partial charge in [-0.1, -0.05) is 60.7 Å². The molecule has 0 spiro atoms. The molecule has 5 heteroatoms. The lowest BCUT2D eigenvalue weighted by atomic mass is 9.78. The van der Waals surface area contributed by atoms with Crippen LogP contribution >= 0.6 is 0 Å². The zero-order valence-corrected chi connectivity index (χ0v) is 22.1. The van der Waals surface area contributed by atoms with Crippen LogP contribution in [0.3, 0.4) is 0 Å². The first kappa shape index (κ1) is 27.1. The number of carbonyl (C=O) groups excluding carboxylic acids is 2. The molecule has 190 valence electrons. The van der Waals surface area contributed by atoms with Crippen molar-refractivity contribution in [2.75, 3.05) is 6.54 Å². The fourth-order valence-corrected chi connectivity index (χ4v) is 5.00. The van der Waals surface area contributed by atoms with Crippen LogP contribution in [0.1, 0.15) is 68.2 Å². The minimum Gasteiger partial charge on any atom is -0.356 e. The number of rotatable bonds is 11. The summed E-state index contributed by atoms with van der Waals surface area (Å²) >= 11 is 0. The van der Waals surface area contributed by atoms with Crippen molar-refractivity contribution < 1.29 is 9.59 Å². The molecule has 3 rings (SSSR count). The summed E-state index contributed by atoms with van der Waals surface area (Å²) in [6.07, 6.45) is 4.46. The van der Waals surface area contributed by atoms with Gasteiger partial charge in [-0.05, 0) is 69.4 Å². The first-order valence-electron chi connectivity index (χ1n) is 12.9. The van der Waals surface area contributed by atoms with E-state index in [1.807, 2.05) is 87.2 Å². The highest BCUT2D eigenvalue weighted by Gasteiger charge is 2.37. The largest absolute Gasteiger partial charge is 0.356 e. The molecule has 2 aromatic carbocycles. The normalized spacial score (nSPS) is 12.9. The Labute approximate surface area is 216 Å². The highest BCUT2D eigenvalue weighted by molar-refractivity contribution is 5.87. The Morgan fingerprint density at radius 1 is 0.861 bits per heavy atom. The van der Waals surface area contributed by atoms with Gasteiger partial charge in [0.15, 0.2) is 0 Å². The van der Waals surface area contributed by atoms with Gasteiger partial charge >= 0.3 is 0 Å². The molecule has 1 N–H and O–H groups in total. The number of aryl methyl sites for hydroxylation is 1. The molecule has 0 aliphatic rings. The third kappa shape index (κ3) is 7.03. The van der Waals surface area contributed by atoms with Crippen LogP contribution in [-0.4, -0.2) is 40.3 Å². The molecule has 1 aromatic heterocycles. The van der Waals surface area contributed by atoms with Crippen LogP contribution in [0.2, 0.25) is 0 Å². The maximum absolute atomic E-state index is 14.1. The highest BCUT2D eigenvalue weighted by Crippen LogP contribution is 2.38. The van der Waals surface area contributed by atoms with E-state index in [-0.39, 0.29) is 36.2 Å². The number of hydrogen-bond acceptors (Lipinski definition) is 3. The minimum absolute atomic E-state index is 0.0227. The van der Waals surface area contributed by atoms with E-state index in [4.69, 9.17) is 0 Å². The van der Waals surface area contributed by atoms with Crippen molar-refractivity contribution in [3.8, 4) is 0 Å². The number of nitrogens with one attached hydrogen (secondary N) is 1. The van der Waals surface area contributed by atoms with Crippen molar-refractivity contribution in [3.05, 3.63) is 101 Å². The van der Waals surface area contributed by atoms with Crippen LogP contribution in [0.25, 0.3) is 0 Å². The monoisotopic (exact) mass is 485 g/mol. The Kier molecular flexibility index (Phi) is 9.80. The van der Waals surface area contributed by atoms with Gasteiger partial charge in [-0.15, -0.1) is 0 Å². The first-order valence-corrected chi connectivity index (χ1v) is 12.9. The molecule has 2 amide bonds. The Balaban J connectivity index is 1.90. The van der Waals surface area contributed by atoms with Crippen molar-refractivity contribution in [2.24, 2.45) is 0 Å². The van der Waals surface area contributed by atoms with Crippen molar-refractivity contribution in [1.82, 2.24) is 15.2 Å². The van der Waals surface area contributed by atoms with Crippen LogP contribution < -0.4 is 5.32 Å². The summed E-state index contributed by atoms with van der Waals surface area (Å²) in [6.45, 7) is 10.8. The number of benzene rings is 2. The van der Waals surface area contributed by atoms with Crippen molar-refractivity contribution >= 4 is 11.8 Å². The molecule has 0 aliphatic carbocycles. The molecule has 0 saturated heterocycles. The van der Waals surface area contributed by atoms with E-state index < -0.39 is 5.92 Å². The molecule has 5 nitrogen and oxygen atoms in total. The van der Waals surface area contributed by atoms with E-state index in [1.54, 1.807) is 12.4 Å². The van der Waals surface area contributed by atoms with E-state index in [9.17, 15) is 9.59 Å². The van der Waals surface area contributed by atoms with E-state index in [0.717, 1.165) is 17.5 Å². The van der Waals surface area contributed by atoms with Gasteiger partial charge in [-0.2, -0.15) is 0 Å². The van der Waals surface area contributed by atoms with Crippen molar-refractivity contribution in [2.45, 2.75) is 71.4 Å². The van der Waals surface area contributed by atoms with Gasteiger partial charge in [0.2, 0.25) is 11.8 Å². The molecule has 0 aliphatic heterocycles. The minimum atomic E-state index is -0.520. The van der Waals surface area contributed by atoms with Crippen molar-refractivity contribution in [3.63, 3.8) is 0 Å². The van der Waals surface area contributed by atoms with Gasteiger partial charge in [0, 0.05) is 43.4 Å². The summed E-state index contributed by atoms with van der Waals surface area (Å²) in [6, 6.07) is 22.0. The summed E-state index contributed by atoms with van der Waals surface area (Å²) in [5.41, 5.74) is 4.25. The van der Waals surface area contributed by atoms with E-state index in [2.05, 4.69) is 29.4 Å². The second kappa shape index (κ2) is 13.0. The fourth-order valence-electron chi connectivity index (χ4n) is 5.00. The number of hydrogen-bond donors (Lipinski definition) is 1. The summed E-state index contributed by atoms with van der Waals surface area (Å²) in [5.74, 6) is -0.872. The average molecular weight is 486 g/mol. The Morgan fingerprint density at radius 3 is 2.11 bits per heavy atom. The third-order valence-electron chi connectivity index (χ3n) is 6.69. The lowest BCUT2D eigenvalue weighted by Crippen LogP contribution is -2.46. The first-order chi connectivity index (χ1) is 17.3. The SMILES string of the molecule is Cc1ccccc1CCNC(=O)CC(c1ccccc1)C(C(=O)N(C(C)C)C(C)C)c1cccnc1. The van der Waals surface area contributed by atoms with Crippen LogP contribution in [-0.2, 0) is 16.0 Å². The highest BCUT2D eigenvalue weighted by atomic mass is 16.2. The zero-order valence-electron chi connectivity index (χ0n) is 22.1. The molecule has 2 atom stereocenters. The molecule has 3 aromatic rings. The number of pyridine rings is 1. The molecule has 0 saturated carbocycles. The zero-order chi connectivity index (χ0) is 26.1. The predicted octanol–water partition coefficient (Wildman–Crippen LogP) is 5.65. The summed E-state index contributed by atoms with van der Waals surface area (Å²) in [5, 5.41) is 3.10. The molecule has 36 heavy (non-hydrogen) atoms. The molecular weight excluding hydrogens is 446 g/mol. The van der Waals surface area contributed by atoms with Crippen LogP contribution in [0.5, 0.6) is 0 Å². The second-order valence-corrected chi connectivity index (χ2v) is 9.94. The quantitative estimate of drug-likeness (QED) is 0.382. The third-order valence-corrected chi connectivity index (χ3v) is 6.69. The Bertz CT molecular complexity index is 1100. The molecule has 0 bridgehead atoms. The molecule has 0 radical (unpaired) electrons. The maximum atomic E-state index is 14.1. The number of amides is 2.